The number of thiophene rings is 1. The molecule has 2 heterocycles. The molecule has 0 radical (unpaired) electrons. The van der Waals surface area contributed by atoms with Crippen molar-refractivity contribution in [1.29, 1.82) is 0 Å². The van der Waals surface area contributed by atoms with Crippen molar-refractivity contribution in [1.82, 2.24) is 15.3 Å². The molecule has 128 valence electrons. The van der Waals surface area contributed by atoms with Gasteiger partial charge in [0.15, 0.2) is 5.16 Å². The molecule has 0 aliphatic heterocycles. The van der Waals surface area contributed by atoms with E-state index in [0.717, 1.165) is 24.0 Å². The Morgan fingerprint density at radius 2 is 2.12 bits per heavy atom. The molecule has 1 aromatic carbocycles. The van der Waals surface area contributed by atoms with E-state index in [-0.39, 0.29) is 23.0 Å². The number of hydrogen-bond acceptors (Lipinski definition) is 5. The lowest BCUT2D eigenvalue weighted by Gasteiger charge is -2.03. The third-order valence-corrected chi connectivity index (χ3v) is 5.61. The van der Waals surface area contributed by atoms with Crippen LogP contribution in [0.25, 0.3) is 21.3 Å². The molecule has 0 unspecified atom stereocenters. The standard InChI is InChI=1S/C17H14FN3O2S2/c18-10-3-1-9(2-4-10)12-7-24-16-14(12)15(23)20-17(21-16)25-8-13(22)19-11-5-6-11/h1-4,7,11H,5-6,8H2,(H,19,22)(H,20,21,23). The van der Waals surface area contributed by atoms with Gasteiger partial charge in [0.25, 0.3) is 5.56 Å². The molecule has 1 aliphatic carbocycles. The molecular weight excluding hydrogens is 361 g/mol. The smallest absolute Gasteiger partial charge is 0.260 e. The Morgan fingerprint density at radius 1 is 1.36 bits per heavy atom. The highest BCUT2D eigenvalue weighted by Crippen LogP contribution is 2.31. The Hall–Kier alpha value is -2.19. The zero-order valence-electron chi connectivity index (χ0n) is 13.0. The van der Waals surface area contributed by atoms with Gasteiger partial charge in [-0.1, -0.05) is 23.9 Å². The number of nitrogens with zero attached hydrogens (tertiary/aromatic N) is 1. The molecule has 0 spiro atoms. The van der Waals surface area contributed by atoms with Crippen LogP contribution in [0.15, 0.2) is 39.6 Å². The first-order valence-corrected chi connectivity index (χ1v) is 9.66. The van der Waals surface area contributed by atoms with Gasteiger partial charge in [0.2, 0.25) is 5.91 Å². The number of hydrogen-bond donors (Lipinski definition) is 2. The summed E-state index contributed by atoms with van der Waals surface area (Å²) < 4.78 is 13.1. The Labute approximate surface area is 150 Å². The molecule has 0 saturated heterocycles. The summed E-state index contributed by atoms with van der Waals surface area (Å²) in [6.45, 7) is 0. The molecule has 25 heavy (non-hydrogen) atoms. The topological polar surface area (TPSA) is 74.8 Å². The summed E-state index contributed by atoms with van der Waals surface area (Å²) >= 11 is 2.57. The van der Waals surface area contributed by atoms with Crippen LogP contribution in [-0.2, 0) is 4.79 Å². The number of thioether (sulfide) groups is 1. The van der Waals surface area contributed by atoms with Crippen molar-refractivity contribution in [3.05, 3.63) is 45.8 Å². The largest absolute Gasteiger partial charge is 0.353 e. The van der Waals surface area contributed by atoms with Crippen molar-refractivity contribution in [2.24, 2.45) is 0 Å². The van der Waals surface area contributed by atoms with Gasteiger partial charge in [-0.2, -0.15) is 0 Å². The number of fused-ring (bicyclic) bond motifs is 1. The van der Waals surface area contributed by atoms with Crippen molar-refractivity contribution in [2.75, 3.05) is 5.75 Å². The van der Waals surface area contributed by atoms with Gasteiger partial charge < -0.3 is 10.3 Å². The summed E-state index contributed by atoms with van der Waals surface area (Å²) in [5, 5.41) is 5.66. The third-order valence-electron chi connectivity index (χ3n) is 3.86. The van der Waals surface area contributed by atoms with Gasteiger partial charge in [-0.15, -0.1) is 11.3 Å². The van der Waals surface area contributed by atoms with Crippen LogP contribution in [0.1, 0.15) is 12.8 Å². The van der Waals surface area contributed by atoms with E-state index in [2.05, 4.69) is 15.3 Å². The molecule has 4 rings (SSSR count). The van der Waals surface area contributed by atoms with Gasteiger partial charge >= 0.3 is 0 Å². The Morgan fingerprint density at radius 3 is 2.84 bits per heavy atom. The number of benzene rings is 1. The summed E-state index contributed by atoms with van der Waals surface area (Å²) in [4.78, 5) is 32.0. The molecule has 8 heteroatoms. The first-order valence-electron chi connectivity index (χ1n) is 7.80. The summed E-state index contributed by atoms with van der Waals surface area (Å²) in [6, 6.07) is 6.33. The van der Waals surface area contributed by atoms with Crippen LogP contribution in [0, 0.1) is 5.82 Å². The van der Waals surface area contributed by atoms with Crippen LogP contribution in [-0.4, -0.2) is 27.7 Å². The fourth-order valence-electron chi connectivity index (χ4n) is 2.47. The van der Waals surface area contributed by atoms with E-state index >= 15 is 0 Å². The van der Waals surface area contributed by atoms with Gasteiger partial charge in [-0.3, -0.25) is 9.59 Å². The zero-order valence-corrected chi connectivity index (χ0v) is 14.7. The Balaban J connectivity index is 1.59. The number of carbonyl (C=O) groups excluding carboxylic acids is 1. The van der Waals surface area contributed by atoms with Gasteiger partial charge in [-0.25, -0.2) is 9.37 Å². The Bertz CT molecular complexity index is 993. The number of aromatic nitrogens is 2. The van der Waals surface area contributed by atoms with Crippen LogP contribution >= 0.6 is 23.1 Å². The maximum absolute atomic E-state index is 13.1. The van der Waals surface area contributed by atoms with Crippen LogP contribution in [0.5, 0.6) is 0 Å². The molecule has 1 aliphatic rings. The molecule has 2 N–H and O–H groups in total. The molecule has 1 saturated carbocycles. The van der Waals surface area contributed by atoms with Crippen molar-refractivity contribution >= 4 is 39.2 Å². The highest BCUT2D eigenvalue weighted by molar-refractivity contribution is 7.99. The number of amides is 1. The monoisotopic (exact) mass is 375 g/mol. The molecule has 0 atom stereocenters. The zero-order chi connectivity index (χ0) is 17.4. The van der Waals surface area contributed by atoms with E-state index in [4.69, 9.17) is 0 Å². The number of carbonyl (C=O) groups is 1. The lowest BCUT2D eigenvalue weighted by atomic mass is 10.1. The number of halogens is 1. The maximum Gasteiger partial charge on any atom is 0.260 e. The normalized spacial score (nSPS) is 14.0. The SMILES string of the molecule is O=C(CSc1nc2scc(-c3ccc(F)cc3)c2c(=O)[nH]1)NC1CC1. The number of nitrogens with one attached hydrogen (secondary N) is 2. The van der Waals surface area contributed by atoms with E-state index in [0.29, 0.717) is 21.4 Å². The minimum atomic E-state index is -0.321. The van der Waals surface area contributed by atoms with Gasteiger partial charge in [0, 0.05) is 17.0 Å². The van der Waals surface area contributed by atoms with Gasteiger partial charge in [0.05, 0.1) is 11.1 Å². The quantitative estimate of drug-likeness (QED) is 0.531. The van der Waals surface area contributed by atoms with Gasteiger partial charge in [0.1, 0.15) is 10.6 Å². The van der Waals surface area contributed by atoms with E-state index in [1.54, 1.807) is 12.1 Å². The molecule has 3 aromatic rings. The van der Waals surface area contributed by atoms with Crippen molar-refractivity contribution in [3.8, 4) is 11.1 Å². The summed E-state index contributed by atoms with van der Waals surface area (Å²) in [5.41, 5.74) is 1.25. The average molecular weight is 375 g/mol. The van der Waals surface area contributed by atoms with Crippen LogP contribution in [0.3, 0.4) is 0 Å². The highest BCUT2D eigenvalue weighted by atomic mass is 32.2. The van der Waals surface area contributed by atoms with E-state index in [1.165, 1.54) is 35.2 Å². The third kappa shape index (κ3) is 3.59. The number of H-pyrrole nitrogens is 1. The minimum absolute atomic E-state index is 0.0478. The van der Waals surface area contributed by atoms with Crippen molar-refractivity contribution in [3.63, 3.8) is 0 Å². The highest BCUT2D eigenvalue weighted by Gasteiger charge is 2.23. The van der Waals surface area contributed by atoms with E-state index in [9.17, 15) is 14.0 Å². The minimum Gasteiger partial charge on any atom is -0.353 e. The predicted molar refractivity (Wildman–Crippen MR) is 97.5 cm³/mol. The lowest BCUT2D eigenvalue weighted by Crippen LogP contribution is -2.27. The molecule has 2 aromatic heterocycles. The average Bonchev–Trinajstić information content (AvgIpc) is 3.29. The van der Waals surface area contributed by atoms with Crippen LogP contribution in [0.2, 0.25) is 0 Å². The molecule has 5 nitrogen and oxygen atoms in total. The predicted octanol–water partition coefficient (Wildman–Crippen LogP) is 3.16. The number of rotatable bonds is 5. The fraction of sp³-hybridized carbons (Fsp3) is 0.235. The second kappa shape index (κ2) is 6.61. The number of aromatic amines is 1. The Kier molecular flexibility index (Phi) is 4.30. The van der Waals surface area contributed by atoms with Crippen molar-refractivity contribution < 1.29 is 9.18 Å². The maximum atomic E-state index is 13.1. The summed E-state index contributed by atoms with van der Waals surface area (Å²) in [7, 11) is 0. The first kappa shape index (κ1) is 16.3. The van der Waals surface area contributed by atoms with E-state index in [1.807, 2.05) is 5.38 Å². The van der Waals surface area contributed by atoms with Crippen LogP contribution in [0.4, 0.5) is 4.39 Å². The lowest BCUT2D eigenvalue weighted by molar-refractivity contribution is -0.118. The summed E-state index contributed by atoms with van der Waals surface area (Å²) in [5.74, 6) is -0.145. The molecule has 1 fully saturated rings. The van der Waals surface area contributed by atoms with Crippen LogP contribution < -0.4 is 10.9 Å². The fourth-order valence-corrected chi connectivity index (χ4v) is 4.15. The molecule has 0 bridgehead atoms. The summed E-state index contributed by atoms with van der Waals surface area (Å²) in [6.07, 6.45) is 2.08. The second-order valence-electron chi connectivity index (χ2n) is 5.84. The molecular formula is C17H14FN3O2S2. The van der Waals surface area contributed by atoms with E-state index < -0.39 is 0 Å². The van der Waals surface area contributed by atoms with Gasteiger partial charge in [-0.05, 0) is 30.5 Å². The second-order valence-corrected chi connectivity index (χ2v) is 7.66. The molecule has 1 amide bonds. The first-order chi connectivity index (χ1) is 12.1. The van der Waals surface area contributed by atoms with Crippen molar-refractivity contribution in [2.45, 2.75) is 24.0 Å².